The zero-order chi connectivity index (χ0) is 27.7. The van der Waals surface area contributed by atoms with Crippen LogP contribution in [0.25, 0.3) is 22.2 Å². The second-order valence-electron chi connectivity index (χ2n) is 9.76. The number of methoxy groups -OCH3 is 1. The molecule has 0 fully saturated rings. The molecular weight excluding hydrogens is 556 g/mol. The van der Waals surface area contributed by atoms with Crippen molar-refractivity contribution in [2.75, 3.05) is 13.7 Å². The lowest BCUT2D eigenvalue weighted by Crippen LogP contribution is -2.31. The van der Waals surface area contributed by atoms with E-state index in [1.807, 2.05) is 13.8 Å². The monoisotopic (exact) mass is 584 g/mol. The number of rotatable bonds is 9. The maximum absolute atomic E-state index is 13.9. The van der Waals surface area contributed by atoms with Gasteiger partial charge in [0.1, 0.15) is 6.54 Å². The van der Waals surface area contributed by atoms with E-state index in [0.717, 1.165) is 0 Å². The Balaban J connectivity index is 2.44. The fourth-order valence-electron chi connectivity index (χ4n) is 4.31. The predicted octanol–water partition coefficient (Wildman–Crippen LogP) is 4.55. The molecule has 2 aromatic heterocycles. The minimum atomic E-state index is -4.55. The highest BCUT2D eigenvalue weighted by Crippen LogP contribution is 2.42. The second-order valence-corrected chi connectivity index (χ2v) is 10.7. The van der Waals surface area contributed by atoms with Crippen molar-refractivity contribution in [3.63, 3.8) is 0 Å². The van der Waals surface area contributed by atoms with Crippen LogP contribution in [0, 0.1) is 5.41 Å². The van der Waals surface area contributed by atoms with Crippen molar-refractivity contribution in [1.29, 1.82) is 0 Å². The molecule has 0 amide bonds. The van der Waals surface area contributed by atoms with Crippen LogP contribution >= 0.6 is 15.9 Å². The summed E-state index contributed by atoms with van der Waals surface area (Å²) in [5.41, 5.74) is 1.17. The lowest BCUT2D eigenvalue weighted by atomic mass is 9.79. The number of ether oxygens (including phenoxy) is 2. The van der Waals surface area contributed by atoms with Gasteiger partial charge in [0.25, 0.3) is 0 Å². The zero-order valence-electron chi connectivity index (χ0n) is 21.2. The first-order valence-corrected chi connectivity index (χ1v) is 12.3. The summed E-state index contributed by atoms with van der Waals surface area (Å²) < 4.78 is 54.3. The van der Waals surface area contributed by atoms with Gasteiger partial charge in [-0.1, -0.05) is 29.8 Å². The van der Waals surface area contributed by atoms with Crippen LogP contribution < -0.4 is 5.46 Å². The topological polar surface area (TPSA) is 93.8 Å². The number of fused-ring (bicyclic) bond motifs is 1. The van der Waals surface area contributed by atoms with E-state index < -0.39 is 37.3 Å². The van der Waals surface area contributed by atoms with Gasteiger partial charge in [0.15, 0.2) is 0 Å². The Morgan fingerprint density at radius 1 is 1.24 bits per heavy atom. The number of carbonyl (C=O) groups is 1. The van der Waals surface area contributed by atoms with Gasteiger partial charge in [-0.05, 0) is 43.2 Å². The molecule has 0 spiro atoms. The number of carbonyl (C=O) groups excluding carboxylic acids is 1. The second kappa shape index (κ2) is 11.1. The van der Waals surface area contributed by atoms with E-state index in [2.05, 4.69) is 20.9 Å². The Kier molecular flexibility index (Phi) is 8.78. The van der Waals surface area contributed by atoms with E-state index in [-0.39, 0.29) is 29.7 Å². The van der Waals surface area contributed by atoms with Gasteiger partial charge in [-0.15, -0.1) is 0 Å². The molecule has 2 heterocycles. The normalized spacial score (nSPS) is 13.2. The Hall–Kier alpha value is -2.41. The predicted molar refractivity (Wildman–Crippen MR) is 138 cm³/mol. The van der Waals surface area contributed by atoms with Gasteiger partial charge < -0.3 is 24.1 Å². The van der Waals surface area contributed by atoms with Gasteiger partial charge in [0.2, 0.25) is 0 Å². The highest BCUT2D eigenvalue weighted by molar-refractivity contribution is 9.10. The molecule has 0 aliphatic heterocycles. The van der Waals surface area contributed by atoms with E-state index in [0.29, 0.717) is 26.6 Å². The Morgan fingerprint density at radius 2 is 1.92 bits per heavy atom. The molecule has 0 bridgehead atoms. The summed E-state index contributed by atoms with van der Waals surface area (Å²) in [6.07, 6.45) is -3.64. The quantitative estimate of drug-likeness (QED) is 0.283. The van der Waals surface area contributed by atoms with Crippen molar-refractivity contribution in [3.05, 3.63) is 46.2 Å². The molecule has 0 saturated heterocycles. The van der Waals surface area contributed by atoms with Crippen LogP contribution in [0.15, 0.2) is 34.9 Å². The number of nitrogens with zero attached hydrogens (tertiary/aromatic N) is 2. The van der Waals surface area contributed by atoms with Crippen molar-refractivity contribution >= 4 is 45.4 Å². The zero-order valence-corrected chi connectivity index (χ0v) is 22.8. The smallest absolute Gasteiger partial charge is 0.465 e. The lowest BCUT2D eigenvalue weighted by Gasteiger charge is -2.26. The molecule has 0 radical (unpaired) electrons. The standard InChI is InChI=1S/C25H29BBrF3N2O5/c1-14(36-5)22-19(8-16(11-31-22)26(34)35)23-20(10-24(3,4)13-37-15(2)33)18-9-17(27)6-7-21(18)32(23)12-25(28,29)30/h6-9,11,14,34-35H,10,12-13H2,1-5H3/t14-/m0/s1. The summed E-state index contributed by atoms with van der Waals surface area (Å²) in [6, 6.07) is 6.45. The SMILES string of the molecule is CO[C@@H](C)c1ncc(B(O)O)cc1-c1c(CC(C)(C)COC(C)=O)c2cc(Br)ccc2n1CC(F)(F)F. The number of alkyl halides is 3. The summed E-state index contributed by atoms with van der Waals surface area (Å²) in [4.78, 5) is 15.8. The van der Waals surface area contributed by atoms with E-state index >= 15 is 0 Å². The summed E-state index contributed by atoms with van der Waals surface area (Å²) in [5, 5.41) is 20.2. The van der Waals surface area contributed by atoms with Crippen LogP contribution in [-0.4, -0.2) is 52.6 Å². The molecule has 0 aliphatic carbocycles. The first kappa shape index (κ1) is 29.2. The molecule has 3 aromatic rings. The van der Waals surface area contributed by atoms with Crippen LogP contribution in [0.3, 0.4) is 0 Å². The first-order valence-electron chi connectivity index (χ1n) is 11.5. The average Bonchev–Trinajstić information content (AvgIpc) is 3.06. The van der Waals surface area contributed by atoms with Crippen molar-refractivity contribution in [3.8, 4) is 11.3 Å². The van der Waals surface area contributed by atoms with Crippen molar-refractivity contribution in [2.45, 2.75) is 52.9 Å². The summed E-state index contributed by atoms with van der Waals surface area (Å²) in [5.74, 6) is -0.458. The minimum Gasteiger partial charge on any atom is -0.465 e. The van der Waals surface area contributed by atoms with E-state index in [9.17, 15) is 28.0 Å². The number of halogens is 4. The van der Waals surface area contributed by atoms with Crippen LogP contribution in [0.5, 0.6) is 0 Å². The molecule has 12 heteroatoms. The molecule has 200 valence electrons. The van der Waals surface area contributed by atoms with E-state index in [1.54, 1.807) is 25.1 Å². The highest BCUT2D eigenvalue weighted by Gasteiger charge is 2.35. The average molecular weight is 585 g/mol. The molecule has 0 unspecified atom stereocenters. The fraction of sp³-hybridized carbons (Fsp3) is 0.440. The number of aromatic nitrogens is 2. The number of esters is 1. The maximum atomic E-state index is 13.9. The fourth-order valence-corrected chi connectivity index (χ4v) is 4.67. The van der Waals surface area contributed by atoms with Crippen LogP contribution in [-0.2, 0) is 27.2 Å². The molecule has 1 atom stereocenters. The molecular formula is C25H29BBrF3N2O5. The van der Waals surface area contributed by atoms with Crippen LogP contribution in [0.4, 0.5) is 13.2 Å². The molecule has 1 aromatic carbocycles. The van der Waals surface area contributed by atoms with Gasteiger partial charge in [0.05, 0.1) is 24.1 Å². The van der Waals surface area contributed by atoms with Crippen LogP contribution in [0.2, 0.25) is 0 Å². The summed E-state index contributed by atoms with van der Waals surface area (Å²) >= 11 is 3.43. The number of pyridine rings is 1. The van der Waals surface area contributed by atoms with Gasteiger partial charge in [-0.3, -0.25) is 9.78 Å². The van der Waals surface area contributed by atoms with Crippen molar-refractivity contribution < 1.29 is 37.5 Å². The number of hydrogen-bond donors (Lipinski definition) is 2. The third kappa shape index (κ3) is 6.92. The number of benzene rings is 1. The third-order valence-electron chi connectivity index (χ3n) is 6.02. The largest absolute Gasteiger partial charge is 0.490 e. The molecule has 0 aliphatic rings. The van der Waals surface area contributed by atoms with Gasteiger partial charge in [0, 0.05) is 52.0 Å². The van der Waals surface area contributed by atoms with E-state index in [1.165, 1.54) is 30.9 Å². The minimum absolute atomic E-state index is 0.0252. The van der Waals surface area contributed by atoms with E-state index in [4.69, 9.17) is 9.47 Å². The Bertz CT molecular complexity index is 1290. The Labute approximate surface area is 221 Å². The van der Waals surface area contributed by atoms with Gasteiger partial charge in [-0.25, -0.2) is 0 Å². The summed E-state index contributed by atoms with van der Waals surface area (Å²) in [7, 11) is -0.423. The van der Waals surface area contributed by atoms with Crippen molar-refractivity contribution in [2.24, 2.45) is 5.41 Å². The first-order chi connectivity index (χ1) is 17.1. The number of hydrogen-bond acceptors (Lipinski definition) is 6. The molecule has 2 N–H and O–H groups in total. The molecule has 7 nitrogen and oxygen atoms in total. The Morgan fingerprint density at radius 3 is 2.49 bits per heavy atom. The van der Waals surface area contributed by atoms with Crippen LogP contribution in [0.1, 0.15) is 45.1 Å². The van der Waals surface area contributed by atoms with Gasteiger partial charge in [-0.2, -0.15) is 13.2 Å². The summed E-state index contributed by atoms with van der Waals surface area (Å²) in [6.45, 7) is 5.49. The lowest BCUT2D eigenvalue weighted by molar-refractivity contribution is -0.144. The molecule has 3 rings (SSSR count). The highest BCUT2D eigenvalue weighted by atomic mass is 79.9. The maximum Gasteiger partial charge on any atom is 0.490 e. The van der Waals surface area contributed by atoms with Crippen molar-refractivity contribution in [1.82, 2.24) is 9.55 Å². The van der Waals surface area contributed by atoms with Gasteiger partial charge >= 0.3 is 19.3 Å². The third-order valence-corrected chi connectivity index (χ3v) is 6.51. The molecule has 37 heavy (non-hydrogen) atoms. The molecule has 0 saturated carbocycles.